The molecule has 3 nitrogen and oxygen atoms in total. The van der Waals surface area contributed by atoms with E-state index in [4.69, 9.17) is 4.74 Å². The molecule has 1 amide bonds. The summed E-state index contributed by atoms with van der Waals surface area (Å²) in [6.45, 7) is 2.81. The average Bonchev–Trinajstić information content (AvgIpc) is 2.47. The molecule has 1 fully saturated rings. The van der Waals surface area contributed by atoms with Crippen molar-refractivity contribution in [1.82, 2.24) is 0 Å². The van der Waals surface area contributed by atoms with Crippen LogP contribution in [0.15, 0.2) is 24.3 Å². The van der Waals surface area contributed by atoms with Crippen molar-refractivity contribution in [2.24, 2.45) is 5.92 Å². The van der Waals surface area contributed by atoms with Crippen molar-refractivity contribution < 1.29 is 9.53 Å². The molecule has 1 N–H and O–H groups in total. The van der Waals surface area contributed by atoms with Gasteiger partial charge < -0.3 is 10.1 Å². The summed E-state index contributed by atoms with van der Waals surface area (Å²) >= 11 is 0. The maximum atomic E-state index is 12.0. The standard InChI is InChI=1S/C17H25NO2/c1-2-12-20-16-10-8-15(9-11-16)18-17(19)13-14-6-4-3-5-7-14/h8-11,14H,2-7,12-13H2,1H3,(H,18,19). The Morgan fingerprint density at radius 2 is 1.90 bits per heavy atom. The van der Waals surface area contributed by atoms with Crippen molar-refractivity contribution in [3.05, 3.63) is 24.3 Å². The first kappa shape index (κ1) is 14.9. The highest BCUT2D eigenvalue weighted by Crippen LogP contribution is 2.26. The van der Waals surface area contributed by atoms with Gasteiger partial charge in [0.2, 0.25) is 5.91 Å². The van der Waals surface area contributed by atoms with E-state index in [-0.39, 0.29) is 5.91 Å². The van der Waals surface area contributed by atoms with Gasteiger partial charge in [-0.3, -0.25) is 4.79 Å². The molecule has 1 aliphatic carbocycles. The minimum atomic E-state index is 0.138. The highest BCUT2D eigenvalue weighted by molar-refractivity contribution is 5.90. The molecule has 0 radical (unpaired) electrons. The Morgan fingerprint density at radius 3 is 2.55 bits per heavy atom. The van der Waals surface area contributed by atoms with Crippen LogP contribution in [0.25, 0.3) is 0 Å². The van der Waals surface area contributed by atoms with Gasteiger partial charge in [-0.15, -0.1) is 0 Å². The molecule has 1 aliphatic rings. The summed E-state index contributed by atoms with van der Waals surface area (Å²) in [4.78, 5) is 12.0. The lowest BCUT2D eigenvalue weighted by Crippen LogP contribution is -2.18. The minimum Gasteiger partial charge on any atom is -0.494 e. The first-order valence-electron chi connectivity index (χ1n) is 7.80. The normalized spacial score (nSPS) is 15.8. The Bertz CT molecular complexity index is 408. The highest BCUT2D eigenvalue weighted by Gasteiger charge is 2.16. The summed E-state index contributed by atoms with van der Waals surface area (Å²) in [6, 6.07) is 7.63. The number of carbonyl (C=O) groups excluding carboxylic acids is 1. The number of ether oxygens (including phenoxy) is 1. The van der Waals surface area contributed by atoms with Gasteiger partial charge in [0.05, 0.1) is 6.61 Å². The second-order valence-corrected chi connectivity index (χ2v) is 5.63. The predicted molar refractivity (Wildman–Crippen MR) is 82.0 cm³/mol. The van der Waals surface area contributed by atoms with Crippen LogP contribution in [0.1, 0.15) is 51.9 Å². The van der Waals surface area contributed by atoms with Crippen LogP contribution >= 0.6 is 0 Å². The molecule has 0 saturated heterocycles. The fourth-order valence-electron chi connectivity index (χ4n) is 2.72. The maximum Gasteiger partial charge on any atom is 0.224 e. The second kappa shape index (κ2) is 7.93. The molecule has 1 aromatic rings. The van der Waals surface area contributed by atoms with Gasteiger partial charge in [0.15, 0.2) is 0 Å². The topological polar surface area (TPSA) is 38.3 Å². The van der Waals surface area contributed by atoms with Crippen LogP contribution < -0.4 is 10.1 Å². The third kappa shape index (κ3) is 4.87. The van der Waals surface area contributed by atoms with Gasteiger partial charge in [-0.05, 0) is 49.4 Å². The smallest absolute Gasteiger partial charge is 0.224 e. The molecule has 0 atom stereocenters. The SMILES string of the molecule is CCCOc1ccc(NC(=O)CC2CCCCC2)cc1. The highest BCUT2D eigenvalue weighted by atomic mass is 16.5. The molecular weight excluding hydrogens is 250 g/mol. The van der Waals surface area contributed by atoms with Gasteiger partial charge in [0.1, 0.15) is 5.75 Å². The van der Waals surface area contributed by atoms with E-state index >= 15 is 0 Å². The molecule has 20 heavy (non-hydrogen) atoms. The quantitative estimate of drug-likeness (QED) is 0.836. The molecule has 110 valence electrons. The molecule has 2 rings (SSSR count). The Hall–Kier alpha value is -1.51. The zero-order valence-corrected chi connectivity index (χ0v) is 12.4. The van der Waals surface area contributed by atoms with Crippen molar-refractivity contribution in [1.29, 1.82) is 0 Å². The number of hydrogen-bond acceptors (Lipinski definition) is 2. The average molecular weight is 275 g/mol. The lowest BCUT2D eigenvalue weighted by molar-refractivity contribution is -0.117. The van der Waals surface area contributed by atoms with E-state index in [1.807, 2.05) is 24.3 Å². The lowest BCUT2D eigenvalue weighted by atomic mass is 9.87. The van der Waals surface area contributed by atoms with Crippen molar-refractivity contribution in [2.45, 2.75) is 51.9 Å². The molecule has 0 aliphatic heterocycles. The van der Waals surface area contributed by atoms with Gasteiger partial charge in [-0.2, -0.15) is 0 Å². The Balaban J connectivity index is 1.78. The first-order valence-corrected chi connectivity index (χ1v) is 7.80. The molecular formula is C17H25NO2. The van der Waals surface area contributed by atoms with Crippen LogP contribution in [0, 0.1) is 5.92 Å². The maximum absolute atomic E-state index is 12.0. The third-order valence-electron chi connectivity index (χ3n) is 3.81. The van der Waals surface area contributed by atoms with Crippen LogP contribution in [0.3, 0.4) is 0 Å². The molecule has 1 aromatic carbocycles. The van der Waals surface area contributed by atoms with Crippen molar-refractivity contribution >= 4 is 11.6 Å². The molecule has 0 heterocycles. The van der Waals surface area contributed by atoms with Crippen LogP contribution in [-0.4, -0.2) is 12.5 Å². The van der Waals surface area contributed by atoms with E-state index in [2.05, 4.69) is 12.2 Å². The number of rotatable bonds is 6. The van der Waals surface area contributed by atoms with Crippen molar-refractivity contribution in [3.8, 4) is 5.75 Å². The molecule has 0 spiro atoms. The summed E-state index contributed by atoms with van der Waals surface area (Å²) in [7, 11) is 0. The van der Waals surface area contributed by atoms with Gasteiger partial charge in [0, 0.05) is 12.1 Å². The van der Waals surface area contributed by atoms with E-state index in [0.29, 0.717) is 12.3 Å². The van der Waals surface area contributed by atoms with Crippen LogP contribution in [0.2, 0.25) is 0 Å². The zero-order valence-electron chi connectivity index (χ0n) is 12.4. The summed E-state index contributed by atoms with van der Waals surface area (Å²) in [6.07, 6.45) is 7.96. The van der Waals surface area contributed by atoms with Gasteiger partial charge in [0.25, 0.3) is 0 Å². The molecule has 0 aromatic heterocycles. The van der Waals surface area contributed by atoms with Crippen LogP contribution in [0.4, 0.5) is 5.69 Å². The summed E-state index contributed by atoms with van der Waals surface area (Å²) < 4.78 is 5.52. The van der Waals surface area contributed by atoms with E-state index in [0.717, 1.165) is 24.5 Å². The molecule has 1 saturated carbocycles. The number of amides is 1. The summed E-state index contributed by atoms with van der Waals surface area (Å²) in [5.41, 5.74) is 0.856. The van der Waals surface area contributed by atoms with Gasteiger partial charge in [-0.25, -0.2) is 0 Å². The Labute approximate surface area is 121 Å². The number of carbonyl (C=O) groups is 1. The first-order chi connectivity index (χ1) is 9.78. The van der Waals surface area contributed by atoms with Crippen LogP contribution in [0.5, 0.6) is 5.75 Å². The zero-order chi connectivity index (χ0) is 14.2. The fourth-order valence-corrected chi connectivity index (χ4v) is 2.72. The third-order valence-corrected chi connectivity index (χ3v) is 3.81. The molecule has 0 bridgehead atoms. The Kier molecular flexibility index (Phi) is 5.90. The van der Waals surface area contributed by atoms with Gasteiger partial charge >= 0.3 is 0 Å². The number of benzene rings is 1. The summed E-state index contributed by atoms with van der Waals surface area (Å²) in [5, 5.41) is 2.98. The van der Waals surface area contributed by atoms with E-state index in [1.54, 1.807) is 0 Å². The number of nitrogens with one attached hydrogen (secondary N) is 1. The van der Waals surface area contributed by atoms with E-state index in [1.165, 1.54) is 32.1 Å². The van der Waals surface area contributed by atoms with E-state index < -0.39 is 0 Å². The Morgan fingerprint density at radius 1 is 1.20 bits per heavy atom. The summed E-state index contributed by atoms with van der Waals surface area (Å²) in [5.74, 6) is 1.58. The lowest BCUT2D eigenvalue weighted by Gasteiger charge is -2.20. The largest absolute Gasteiger partial charge is 0.494 e. The monoisotopic (exact) mass is 275 g/mol. The fraction of sp³-hybridized carbons (Fsp3) is 0.588. The minimum absolute atomic E-state index is 0.138. The second-order valence-electron chi connectivity index (χ2n) is 5.63. The van der Waals surface area contributed by atoms with Crippen molar-refractivity contribution in [3.63, 3.8) is 0 Å². The van der Waals surface area contributed by atoms with Crippen LogP contribution in [-0.2, 0) is 4.79 Å². The number of hydrogen-bond donors (Lipinski definition) is 1. The molecule has 0 unspecified atom stereocenters. The molecule has 3 heteroatoms. The van der Waals surface area contributed by atoms with Gasteiger partial charge in [-0.1, -0.05) is 26.2 Å². The van der Waals surface area contributed by atoms with Crippen molar-refractivity contribution in [2.75, 3.05) is 11.9 Å². The predicted octanol–water partition coefficient (Wildman–Crippen LogP) is 4.38. The number of anilines is 1. The van der Waals surface area contributed by atoms with E-state index in [9.17, 15) is 4.79 Å².